The molecule has 146 valence electrons. The SMILES string of the molecule is Nc1cccc2c1CCCN2C(=O)C1CCC(NC(=O)C2CCCC2)CC1. The van der Waals surface area contributed by atoms with Crippen LogP contribution >= 0.6 is 0 Å². The van der Waals surface area contributed by atoms with Gasteiger partial charge in [-0.1, -0.05) is 18.9 Å². The van der Waals surface area contributed by atoms with E-state index in [1.807, 2.05) is 23.1 Å². The van der Waals surface area contributed by atoms with Crippen molar-refractivity contribution in [3.8, 4) is 0 Å². The van der Waals surface area contributed by atoms with Crippen molar-refractivity contribution in [2.24, 2.45) is 11.8 Å². The summed E-state index contributed by atoms with van der Waals surface area (Å²) >= 11 is 0. The van der Waals surface area contributed by atoms with Gasteiger partial charge in [0.25, 0.3) is 0 Å². The van der Waals surface area contributed by atoms with E-state index < -0.39 is 0 Å². The second kappa shape index (κ2) is 7.91. The summed E-state index contributed by atoms with van der Waals surface area (Å²) < 4.78 is 0. The van der Waals surface area contributed by atoms with E-state index in [9.17, 15) is 9.59 Å². The first kappa shape index (κ1) is 18.3. The molecular formula is C22H31N3O2. The molecule has 1 aromatic rings. The Morgan fingerprint density at radius 3 is 2.44 bits per heavy atom. The summed E-state index contributed by atoms with van der Waals surface area (Å²) in [6, 6.07) is 6.13. The number of anilines is 2. The average molecular weight is 370 g/mol. The summed E-state index contributed by atoms with van der Waals surface area (Å²) in [6.07, 6.45) is 9.91. The van der Waals surface area contributed by atoms with E-state index in [4.69, 9.17) is 5.73 Å². The van der Waals surface area contributed by atoms with Gasteiger partial charge in [0.1, 0.15) is 0 Å². The molecule has 2 fully saturated rings. The van der Waals surface area contributed by atoms with Crippen LogP contribution in [0.2, 0.25) is 0 Å². The summed E-state index contributed by atoms with van der Waals surface area (Å²) in [6.45, 7) is 0.785. The van der Waals surface area contributed by atoms with Crippen LogP contribution < -0.4 is 16.0 Å². The number of benzene rings is 1. The zero-order valence-corrected chi connectivity index (χ0v) is 16.1. The summed E-state index contributed by atoms with van der Waals surface area (Å²) in [5.41, 5.74) is 9.04. The van der Waals surface area contributed by atoms with Crippen LogP contribution in [0.25, 0.3) is 0 Å². The van der Waals surface area contributed by atoms with Crippen molar-refractivity contribution in [2.45, 2.75) is 70.3 Å². The highest BCUT2D eigenvalue weighted by atomic mass is 16.2. The Bertz CT molecular complexity index is 704. The normalized spacial score (nSPS) is 25.9. The Labute approximate surface area is 161 Å². The summed E-state index contributed by atoms with van der Waals surface area (Å²) in [5.74, 6) is 0.765. The predicted octanol–water partition coefficient (Wildman–Crippen LogP) is 3.41. The van der Waals surface area contributed by atoms with Crippen molar-refractivity contribution in [2.75, 3.05) is 17.2 Å². The highest BCUT2D eigenvalue weighted by Crippen LogP contribution is 2.35. The Kier molecular flexibility index (Phi) is 5.37. The Morgan fingerprint density at radius 1 is 0.963 bits per heavy atom. The molecule has 4 rings (SSSR count). The van der Waals surface area contributed by atoms with Crippen LogP contribution in [0, 0.1) is 11.8 Å². The molecule has 3 N–H and O–H groups in total. The minimum atomic E-state index is 0.0667. The molecule has 1 aromatic carbocycles. The van der Waals surface area contributed by atoms with Crippen molar-refractivity contribution < 1.29 is 9.59 Å². The molecular weight excluding hydrogens is 338 g/mol. The van der Waals surface area contributed by atoms with Crippen molar-refractivity contribution in [3.63, 3.8) is 0 Å². The van der Waals surface area contributed by atoms with E-state index in [1.165, 1.54) is 12.8 Å². The lowest BCUT2D eigenvalue weighted by molar-refractivity contribution is -0.126. The smallest absolute Gasteiger partial charge is 0.230 e. The number of carbonyl (C=O) groups is 2. The zero-order valence-electron chi connectivity index (χ0n) is 16.1. The number of hydrogen-bond acceptors (Lipinski definition) is 3. The topological polar surface area (TPSA) is 75.4 Å². The van der Waals surface area contributed by atoms with Crippen LogP contribution in [0.15, 0.2) is 18.2 Å². The fourth-order valence-electron chi connectivity index (χ4n) is 5.09. The van der Waals surface area contributed by atoms with Gasteiger partial charge in [-0.2, -0.15) is 0 Å². The van der Waals surface area contributed by atoms with Gasteiger partial charge in [-0.3, -0.25) is 9.59 Å². The largest absolute Gasteiger partial charge is 0.398 e. The summed E-state index contributed by atoms with van der Waals surface area (Å²) in [4.78, 5) is 27.5. The average Bonchev–Trinajstić information content (AvgIpc) is 3.23. The maximum Gasteiger partial charge on any atom is 0.230 e. The molecule has 0 aromatic heterocycles. The van der Waals surface area contributed by atoms with E-state index in [2.05, 4.69) is 5.32 Å². The van der Waals surface area contributed by atoms with Gasteiger partial charge >= 0.3 is 0 Å². The zero-order chi connectivity index (χ0) is 18.8. The van der Waals surface area contributed by atoms with Gasteiger partial charge < -0.3 is 16.0 Å². The molecule has 5 heteroatoms. The Balaban J connectivity index is 1.34. The van der Waals surface area contributed by atoms with Crippen molar-refractivity contribution in [3.05, 3.63) is 23.8 Å². The number of carbonyl (C=O) groups excluding carboxylic acids is 2. The van der Waals surface area contributed by atoms with Crippen LogP contribution in [0.3, 0.4) is 0 Å². The standard InChI is InChI=1S/C22H31N3O2/c23-19-8-3-9-20-18(19)7-4-14-25(20)22(27)16-10-12-17(13-11-16)24-21(26)15-5-1-2-6-15/h3,8-9,15-17H,1-2,4-7,10-14,23H2,(H,24,26). The molecule has 0 atom stereocenters. The molecule has 1 heterocycles. The predicted molar refractivity (Wildman–Crippen MR) is 107 cm³/mol. The molecule has 0 radical (unpaired) electrons. The van der Waals surface area contributed by atoms with Crippen molar-refractivity contribution in [1.82, 2.24) is 5.32 Å². The maximum atomic E-state index is 13.2. The number of rotatable bonds is 3. The van der Waals surface area contributed by atoms with Gasteiger partial charge in [-0.05, 0) is 69.1 Å². The van der Waals surface area contributed by atoms with Gasteiger partial charge in [0.15, 0.2) is 0 Å². The minimum absolute atomic E-state index is 0.0667. The fourth-order valence-corrected chi connectivity index (χ4v) is 5.09. The summed E-state index contributed by atoms with van der Waals surface area (Å²) in [5, 5.41) is 3.24. The first-order valence-corrected chi connectivity index (χ1v) is 10.6. The molecule has 0 unspecified atom stereocenters. The van der Waals surface area contributed by atoms with Crippen molar-refractivity contribution in [1.29, 1.82) is 0 Å². The van der Waals surface area contributed by atoms with Gasteiger partial charge in [-0.25, -0.2) is 0 Å². The second-order valence-corrected chi connectivity index (χ2v) is 8.48. The molecule has 0 spiro atoms. The first-order valence-electron chi connectivity index (χ1n) is 10.6. The quantitative estimate of drug-likeness (QED) is 0.802. The van der Waals surface area contributed by atoms with E-state index in [0.717, 1.165) is 74.8 Å². The number of nitrogen functional groups attached to an aromatic ring is 1. The highest BCUT2D eigenvalue weighted by molar-refractivity contribution is 5.97. The summed E-state index contributed by atoms with van der Waals surface area (Å²) in [7, 11) is 0. The van der Waals surface area contributed by atoms with E-state index >= 15 is 0 Å². The molecule has 27 heavy (non-hydrogen) atoms. The fraction of sp³-hybridized carbons (Fsp3) is 0.636. The third kappa shape index (κ3) is 3.83. The Morgan fingerprint density at radius 2 is 1.70 bits per heavy atom. The highest BCUT2D eigenvalue weighted by Gasteiger charge is 2.33. The number of nitrogens with two attached hydrogens (primary N) is 1. The maximum absolute atomic E-state index is 13.2. The molecule has 2 amide bonds. The van der Waals surface area contributed by atoms with Crippen LogP contribution in [0.5, 0.6) is 0 Å². The van der Waals surface area contributed by atoms with E-state index in [0.29, 0.717) is 0 Å². The van der Waals surface area contributed by atoms with Crippen molar-refractivity contribution >= 4 is 23.2 Å². The number of nitrogens with one attached hydrogen (secondary N) is 1. The number of hydrogen-bond donors (Lipinski definition) is 2. The molecule has 2 aliphatic carbocycles. The molecule has 2 saturated carbocycles. The molecule has 0 bridgehead atoms. The number of amides is 2. The molecule has 3 aliphatic rings. The molecule has 5 nitrogen and oxygen atoms in total. The van der Waals surface area contributed by atoms with Gasteiger partial charge in [0.05, 0.1) is 0 Å². The van der Waals surface area contributed by atoms with Gasteiger partial charge in [-0.15, -0.1) is 0 Å². The second-order valence-electron chi connectivity index (χ2n) is 8.48. The number of fused-ring (bicyclic) bond motifs is 1. The van der Waals surface area contributed by atoms with Gasteiger partial charge in [0.2, 0.25) is 11.8 Å². The molecule has 0 saturated heterocycles. The lowest BCUT2D eigenvalue weighted by Gasteiger charge is -2.35. The third-order valence-corrected chi connectivity index (χ3v) is 6.70. The van der Waals surface area contributed by atoms with Gasteiger partial charge in [0, 0.05) is 35.8 Å². The number of nitrogens with zero attached hydrogens (tertiary/aromatic N) is 1. The van der Waals surface area contributed by atoms with Crippen LogP contribution in [0.4, 0.5) is 11.4 Å². The van der Waals surface area contributed by atoms with Crippen LogP contribution in [0.1, 0.15) is 63.4 Å². The first-order chi connectivity index (χ1) is 13.1. The van der Waals surface area contributed by atoms with E-state index in [-0.39, 0.29) is 29.7 Å². The van der Waals surface area contributed by atoms with E-state index in [1.54, 1.807) is 0 Å². The lowest BCUT2D eigenvalue weighted by Crippen LogP contribution is -2.44. The molecule has 1 aliphatic heterocycles. The Hall–Kier alpha value is -2.04. The van der Waals surface area contributed by atoms with Crippen LogP contribution in [-0.4, -0.2) is 24.4 Å². The minimum Gasteiger partial charge on any atom is -0.398 e. The third-order valence-electron chi connectivity index (χ3n) is 6.70. The van der Waals surface area contributed by atoms with Crippen LogP contribution in [-0.2, 0) is 16.0 Å². The lowest BCUT2D eigenvalue weighted by atomic mass is 9.84. The monoisotopic (exact) mass is 369 g/mol.